The van der Waals surface area contributed by atoms with Crippen molar-refractivity contribution in [2.24, 2.45) is 0 Å². The van der Waals surface area contributed by atoms with Gasteiger partial charge in [0.2, 0.25) is 0 Å². The van der Waals surface area contributed by atoms with Crippen LogP contribution >= 0.6 is 12.4 Å². The summed E-state index contributed by atoms with van der Waals surface area (Å²) in [5.41, 5.74) is 0. The van der Waals surface area contributed by atoms with E-state index in [9.17, 15) is 0 Å². The molecule has 1 aliphatic rings. The fraction of sp³-hybridized carbons (Fsp3) is 1.00. The Balaban J connectivity index is 0.000000640. The van der Waals surface area contributed by atoms with Crippen molar-refractivity contribution in [3.8, 4) is 0 Å². The van der Waals surface area contributed by atoms with E-state index in [1.807, 2.05) is 6.92 Å². The molecule has 0 bridgehead atoms. The van der Waals surface area contributed by atoms with Crippen molar-refractivity contribution in [3.63, 3.8) is 0 Å². The average molecular weight is 152 g/mol. The second kappa shape index (κ2) is 4.09. The van der Waals surface area contributed by atoms with Gasteiger partial charge in [-0.15, -0.1) is 12.4 Å². The van der Waals surface area contributed by atoms with Crippen molar-refractivity contribution in [2.75, 3.05) is 6.54 Å². The summed E-state index contributed by atoms with van der Waals surface area (Å²) in [7, 11) is 0. The van der Waals surface area contributed by atoms with Gasteiger partial charge in [0, 0.05) is 6.04 Å². The largest absolute Gasteiger partial charge is 0.392 e. The number of rotatable bonds is 1. The van der Waals surface area contributed by atoms with Gasteiger partial charge in [0.25, 0.3) is 0 Å². The number of hydrogen-bond acceptors (Lipinski definition) is 2. The van der Waals surface area contributed by atoms with E-state index in [2.05, 4.69) is 5.32 Å². The third-order valence-electron chi connectivity index (χ3n) is 1.68. The molecule has 1 fully saturated rings. The van der Waals surface area contributed by atoms with Crippen LogP contribution in [-0.4, -0.2) is 23.8 Å². The molecule has 1 rings (SSSR count). The van der Waals surface area contributed by atoms with Crippen LogP contribution in [0.15, 0.2) is 0 Å². The lowest BCUT2D eigenvalue weighted by Gasteiger charge is -2.11. The highest BCUT2D eigenvalue weighted by Crippen LogP contribution is 2.07. The van der Waals surface area contributed by atoms with Crippen LogP contribution in [0, 0.1) is 0 Å². The number of hydrogen-bond donors (Lipinski definition) is 2. The van der Waals surface area contributed by atoms with Gasteiger partial charge in [0.05, 0.1) is 6.10 Å². The van der Waals surface area contributed by atoms with Crippen LogP contribution in [0.4, 0.5) is 0 Å². The first-order chi connectivity index (χ1) is 3.80. The Morgan fingerprint density at radius 3 is 2.56 bits per heavy atom. The van der Waals surface area contributed by atoms with Crippen LogP contribution in [0.25, 0.3) is 0 Å². The van der Waals surface area contributed by atoms with Gasteiger partial charge in [-0.3, -0.25) is 0 Å². The van der Waals surface area contributed by atoms with E-state index in [4.69, 9.17) is 5.11 Å². The zero-order valence-electron chi connectivity index (χ0n) is 5.63. The minimum Gasteiger partial charge on any atom is -0.392 e. The second-order valence-electron chi connectivity index (χ2n) is 2.44. The molecule has 1 aliphatic heterocycles. The Bertz CT molecular complexity index is 71.5. The molecule has 0 aromatic carbocycles. The summed E-state index contributed by atoms with van der Waals surface area (Å²) in [6.45, 7) is 2.92. The molecule has 0 spiro atoms. The van der Waals surface area contributed by atoms with Crippen molar-refractivity contribution < 1.29 is 5.11 Å². The maximum Gasteiger partial charge on any atom is 0.0665 e. The molecule has 0 unspecified atom stereocenters. The molecule has 3 heteroatoms. The van der Waals surface area contributed by atoms with Gasteiger partial charge in [-0.05, 0) is 26.3 Å². The Morgan fingerprint density at radius 1 is 1.67 bits per heavy atom. The highest BCUT2D eigenvalue weighted by molar-refractivity contribution is 5.85. The van der Waals surface area contributed by atoms with E-state index < -0.39 is 0 Å². The highest BCUT2D eigenvalue weighted by Gasteiger charge is 2.17. The van der Waals surface area contributed by atoms with Crippen LogP contribution in [0.1, 0.15) is 19.8 Å². The Morgan fingerprint density at radius 2 is 2.33 bits per heavy atom. The van der Waals surface area contributed by atoms with E-state index in [0.29, 0.717) is 6.04 Å². The summed E-state index contributed by atoms with van der Waals surface area (Å²) in [4.78, 5) is 0. The first-order valence-electron chi connectivity index (χ1n) is 3.22. The maximum atomic E-state index is 8.99. The molecule has 2 nitrogen and oxygen atoms in total. The van der Waals surface area contributed by atoms with E-state index in [0.717, 1.165) is 13.0 Å². The number of aliphatic hydroxyl groups is 1. The monoisotopic (exact) mass is 151 g/mol. The SMILES string of the molecule is C[C@H](O)[C@@H]1CCCN1.Cl. The Labute approximate surface area is 62.1 Å². The Kier molecular flexibility index (Phi) is 4.19. The van der Waals surface area contributed by atoms with Crippen molar-refractivity contribution in [1.82, 2.24) is 5.32 Å². The third-order valence-corrected chi connectivity index (χ3v) is 1.68. The standard InChI is InChI=1S/C6H13NO.ClH/c1-5(8)6-3-2-4-7-6;/h5-8H,2-4H2,1H3;1H/t5-,6-;/m0./s1. The summed E-state index contributed by atoms with van der Waals surface area (Å²) < 4.78 is 0. The second-order valence-corrected chi connectivity index (χ2v) is 2.44. The Hall–Kier alpha value is 0.210. The van der Waals surface area contributed by atoms with E-state index in [1.165, 1.54) is 6.42 Å². The number of nitrogens with one attached hydrogen (secondary N) is 1. The normalized spacial score (nSPS) is 29.3. The van der Waals surface area contributed by atoms with Crippen molar-refractivity contribution in [2.45, 2.75) is 31.9 Å². The molecule has 56 valence electrons. The first-order valence-corrected chi connectivity index (χ1v) is 3.22. The van der Waals surface area contributed by atoms with Crippen molar-refractivity contribution in [3.05, 3.63) is 0 Å². The number of aliphatic hydroxyl groups excluding tert-OH is 1. The van der Waals surface area contributed by atoms with Crippen molar-refractivity contribution in [1.29, 1.82) is 0 Å². The molecule has 0 amide bonds. The quantitative estimate of drug-likeness (QED) is 0.574. The smallest absolute Gasteiger partial charge is 0.0665 e. The lowest BCUT2D eigenvalue weighted by atomic mass is 10.1. The van der Waals surface area contributed by atoms with Gasteiger partial charge in [0.1, 0.15) is 0 Å². The molecule has 1 saturated heterocycles. The maximum absolute atomic E-state index is 8.99. The molecule has 2 N–H and O–H groups in total. The first kappa shape index (κ1) is 9.21. The minimum absolute atomic E-state index is 0. The van der Waals surface area contributed by atoms with E-state index in [-0.39, 0.29) is 18.5 Å². The topological polar surface area (TPSA) is 32.3 Å². The molecule has 9 heavy (non-hydrogen) atoms. The van der Waals surface area contributed by atoms with Gasteiger partial charge >= 0.3 is 0 Å². The third kappa shape index (κ3) is 2.52. The molecular formula is C6H14ClNO. The van der Waals surface area contributed by atoms with Gasteiger partial charge in [0.15, 0.2) is 0 Å². The van der Waals surface area contributed by atoms with E-state index >= 15 is 0 Å². The molecule has 0 aliphatic carbocycles. The molecule has 0 aromatic heterocycles. The summed E-state index contributed by atoms with van der Waals surface area (Å²) >= 11 is 0. The van der Waals surface area contributed by atoms with Gasteiger partial charge in [-0.25, -0.2) is 0 Å². The summed E-state index contributed by atoms with van der Waals surface area (Å²) in [5.74, 6) is 0. The zero-order valence-corrected chi connectivity index (χ0v) is 6.45. The van der Waals surface area contributed by atoms with Crippen LogP contribution < -0.4 is 5.32 Å². The van der Waals surface area contributed by atoms with Crippen LogP contribution in [0.5, 0.6) is 0 Å². The van der Waals surface area contributed by atoms with Crippen LogP contribution in [0.2, 0.25) is 0 Å². The summed E-state index contributed by atoms with van der Waals surface area (Å²) in [5, 5.41) is 12.2. The molecule has 1 heterocycles. The van der Waals surface area contributed by atoms with Gasteiger partial charge in [-0.2, -0.15) is 0 Å². The minimum atomic E-state index is -0.169. The van der Waals surface area contributed by atoms with Gasteiger partial charge in [-0.1, -0.05) is 0 Å². The summed E-state index contributed by atoms with van der Waals surface area (Å²) in [6.07, 6.45) is 2.19. The molecule has 0 radical (unpaired) electrons. The predicted molar refractivity (Wildman–Crippen MR) is 40.0 cm³/mol. The van der Waals surface area contributed by atoms with Crippen LogP contribution in [-0.2, 0) is 0 Å². The van der Waals surface area contributed by atoms with Crippen LogP contribution in [0.3, 0.4) is 0 Å². The average Bonchev–Trinajstić information content (AvgIpc) is 2.12. The molecule has 0 aromatic rings. The summed E-state index contributed by atoms with van der Waals surface area (Å²) in [6, 6.07) is 0.370. The fourth-order valence-corrected chi connectivity index (χ4v) is 1.12. The fourth-order valence-electron chi connectivity index (χ4n) is 1.12. The van der Waals surface area contributed by atoms with Gasteiger partial charge < -0.3 is 10.4 Å². The lowest BCUT2D eigenvalue weighted by molar-refractivity contribution is 0.154. The van der Waals surface area contributed by atoms with Crippen molar-refractivity contribution >= 4 is 12.4 Å². The zero-order chi connectivity index (χ0) is 5.98. The number of halogens is 1. The molecule has 0 saturated carbocycles. The highest BCUT2D eigenvalue weighted by atomic mass is 35.5. The van der Waals surface area contributed by atoms with E-state index in [1.54, 1.807) is 0 Å². The predicted octanol–water partition coefficient (Wildman–Crippen LogP) is 0.541. The molecular weight excluding hydrogens is 138 g/mol. The lowest BCUT2D eigenvalue weighted by Crippen LogP contribution is -2.32. The molecule has 2 atom stereocenters.